The lowest BCUT2D eigenvalue weighted by Crippen LogP contribution is -2.50. The lowest BCUT2D eigenvalue weighted by Gasteiger charge is -2.35. The Balaban J connectivity index is 2.34. The first-order chi connectivity index (χ1) is 9.00. The van der Waals surface area contributed by atoms with Crippen molar-refractivity contribution in [2.45, 2.75) is 13.0 Å². The van der Waals surface area contributed by atoms with Crippen LogP contribution in [-0.4, -0.2) is 41.8 Å². The van der Waals surface area contributed by atoms with Crippen LogP contribution in [0.25, 0.3) is 0 Å². The summed E-state index contributed by atoms with van der Waals surface area (Å²) in [5.41, 5.74) is 1.38. The second kappa shape index (κ2) is 5.23. The molecule has 0 bridgehead atoms. The normalized spacial score (nSPS) is 19.2. The fourth-order valence-electron chi connectivity index (χ4n) is 2.17. The van der Waals surface area contributed by atoms with E-state index in [1.165, 1.54) is 12.1 Å². The van der Waals surface area contributed by atoms with E-state index in [0.29, 0.717) is 24.4 Å². The third kappa shape index (κ3) is 2.65. The van der Waals surface area contributed by atoms with Gasteiger partial charge in [0.15, 0.2) is 6.04 Å². The van der Waals surface area contributed by atoms with Crippen LogP contribution in [0.3, 0.4) is 0 Å². The SMILES string of the molecule is Cc1cc([N+](=O)[O-])ccc1N1CCOCC1C(=O)O. The van der Waals surface area contributed by atoms with Crippen molar-refractivity contribution in [1.29, 1.82) is 0 Å². The first kappa shape index (κ1) is 13.3. The number of hydrogen-bond acceptors (Lipinski definition) is 5. The Kier molecular flexibility index (Phi) is 3.66. The van der Waals surface area contributed by atoms with E-state index in [9.17, 15) is 20.0 Å². The molecule has 0 saturated carbocycles. The number of carbonyl (C=O) groups is 1. The Hall–Kier alpha value is -2.15. The molecule has 102 valence electrons. The van der Waals surface area contributed by atoms with Gasteiger partial charge in [0.05, 0.1) is 18.1 Å². The number of rotatable bonds is 3. The smallest absolute Gasteiger partial charge is 0.328 e. The van der Waals surface area contributed by atoms with E-state index >= 15 is 0 Å². The van der Waals surface area contributed by atoms with Gasteiger partial charge >= 0.3 is 5.97 Å². The molecule has 1 N–H and O–H groups in total. The van der Waals surface area contributed by atoms with Crippen molar-refractivity contribution in [3.63, 3.8) is 0 Å². The average molecular weight is 266 g/mol. The quantitative estimate of drug-likeness (QED) is 0.652. The van der Waals surface area contributed by atoms with Gasteiger partial charge in [0.2, 0.25) is 0 Å². The highest BCUT2D eigenvalue weighted by Crippen LogP contribution is 2.27. The molecule has 2 rings (SSSR count). The van der Waals surface area contributed by atoms with Crippen LogP contribution in [0, 0.1) is 17.0 Å². The fraction of sp³-hybridized carbons (Fsp3) is 0.417. The number of benzene rings is 1. The van der Waals surface area contributed by atoms with Crippen LogP contribution in [-0.2, 0) is 9.53 Å². The summed E-state index contributed by atoms with van der Waals surface area (Å²) in [6.07, 6.45) is 0. The van der Waals surface area contributed by atoms with Gasteiger partial charge in [-0.25, -0.2) is 4.79 Å². The molecule has 0 aromatic heterocycles. The van der Waals surface area contributed by atoms with Crippen molar-refractivity contribution in [3.8, 4) is 0 Å². The predicted octanol–water partition coefficient (Wildman–Crippen LogP) is 1.19. The lowest BCUT2D eigenvalue weighted by molar-refractivity contribution is -0.384. The van der Waals surface area contributed by atoms with Gasteiger partial charge in [0, 0.05) is 24.4 Å². The molecule has 19 heavy (non-hydrogen) atoms. The molecule has 0 spiro atoms. The van der Waals surface area contributed by atoms with Gasteiger partial charge in [0.1, 0.15) is 0 Å². The number of ether oxygens (including phenoxy) is 1. The largest absolute Gasteiger partial charge is 0.480 e. The summed E-state index contributed by atoms with van der Waals surface area (Å²) in [4.78, 5) is 23.1. The van der Waals surface area contributed by atoms with Crippen molar-refractivity contribution in [2.75, 3.05) is 24.7 Å². The highest BCUT2D eigenvalue weighted by atomic mass is 16.6. The minimum atomic E-state index is -0.961. The topological polar surface area (TPSA) is 92.9 Å². The first-order valence-electron chi connectivity index (χ1n) is 5.83. The van der Waals surface area contributed by atoms with Crippen LogP contribution in [0.4, 0.5) is 11.4 Å². The lowest BCUT2D eigenvalue weighted by atomic mass is 10.1. The third-order valence-electron chi connectivity index (χ3n) is 3.11. The summed E-state index contributed by atoms with van der Waals surface area (Å²) in [6.45, 7) is 2.75. The Morgan fingerprint density at radius 3 is 2.89 bits per heavy atom. The Bertz CT molecular complexity index is 517. The average Bonchev–Trinajstić information content (AvgIpc) is 2.38. The van der Waals surface area contributed by atoms with Crippen molar-refractivity contribution in [3.05, 3.63) is 33.9 Å². The monoisotopic (exact) mass is 266 g/mol. The number of hydrogen-bond donors (Lipinski definition) is 1. The number of aryl methyl sites for hydroxylation is 1. The van der Waals surface area contributed by atoms with Crippen LogP contribution in [0.5, 0.6) is 0 Å². The minimum Gasteiger partial charge on any atom is -0.480 e. The zero-order chi connectivity index (χ0) is 14.0. The maximum atomic E-state index is 11.2. The van der Waals surface area contributed by atoms with Crippen LogP contribution < -0.4 is 4.90 Å². The molecule has 0 aliphatic carbocycles. The Morgan fingerprint density at radius 1 is 1.58 bits per heavy atom. The standard InChI is InChI=1S/C12H14N2O5/c1-8-6-9(14(17)18)2-3-10(8)13-4-5-19-7-11(13)12(15)16/h2-3,6,11H,4-5,7H2,1H3,(H,15,16). The molecule has 7 nitrogen and oxygen atoms in total. The molecule has 1 aliphatic rings. The van der Waals surface area contributed by atoms with E-state index in [-0.39, 0.29) is 12.3 Å². The van der Waals surface area contributed by atoms with Crippen molar-refractivity contribution < 1.29 is 19.6 Å². The van der Waals surface area contributed by atoms with E-state index in [1.807, 2.05) is 0 Å². The number of non-ortho nitro benzene ring substituents is 1. The summed E-state index contributed by atoms with van der Waals surface area (Å²) < 4.78 is 5.17. The number of nitro groups is 1. The van der Waals surface area contributed by atoms with E-state index in [4.69, 9.17) is 4.74 Å². The number of nitrogens with zero attached hydrogens (tertiary/aromatic N) is 2. The van der Waals surface area contributed by atoms with E-state index in [1.54, 1.807) is 17.9 Å². The van der Waals surface area contributed by atoms with Gasteiger partial charge in [-0.3, -0.25) is 10.1 Å². The molecule has 0 amide bonds. The predicted molar refractivity (Wildman–Crippen MR) is 67.4 cm³/mol. The zero-order valence-electron chi connectivity index (χ0n) is 10.4. The van der Waals surface area contributed by atoms with Gasteiger partial charge in [0.25, 0.3) is 5.69 Å². The minimum absolute atomic E-state index is 0.00128. The van der Waals surface area contributed by atoms with E-state index in [0.717, 1.165) is 0 Å². The number of morpholine rings is 1. The first-order valence-corrected chi connectivity index (χ1v) is 5.83. The molecular weight excluding hydrogens is 252 g/mol. The molecule has 1 atom stereocenters. The number of carboxylic acids is 1. The molecule has 1 fully saturated rings. The molecule has 1 saturated heterocycles. The molecule has 1 unspecified atom stereocenters. The molecule has 0 radical (unpaired) electrons. The summed E-state index contributed by atoms with van der Waals surface area (Å²) in [7, 11) is 0. The summed E-state index contributed by atoms with van der Waals surface area (Å²) in [5.74, 6) is -0.961. The number of nitro benzene ring substituents is 1. The number of aliphatic carboxylic acids is 1. The highest BCUT2D eigenvalue weighted by Gasteiger charge is 2.30. The molecule has 1 aromatic carbocycles. The van der Waals surface area contributed by atoms with Crippen LogP contribution in [0.15, 0.2) is 18.2 Å². The van der Waals surface area contributed by atoms with E-state index in [2.05, 4.69) is 0 Å². The number of anilines is 1. The van der Waals surface area contributed by atoms with Gasteiger partial charge in [-0.05, 0) is 18.6 Å². The van der Waals surface area contributed by atoms with Crippen molar-refractivity contribution >= 4 is 17.3 Å². The molecule has 1 aliphatic heterocycles. The maximum absolute atomic E-state index is 11.2. The zero-order valence-corrected chi connectivity index (χ0v) is 10.4. The number of carboxylic acid groups (broad SMARTS) is 1. The third-order valence-corrected chi connectivity index (χ3v) is 3.11. The summed E-state index contributed by atoms with van der Waals surface area (Å²) in [5, 5.41) is 19.9. The Labute approximate surface area is 109 Å². The van der Waals surface area contributed by atoms with Crippen LogP contribution in [0.1, 0.15) is 5.56 Å². The second-order valence-electron chi connectivity index (χ2n) is 4.35. The van der Waals surface area contributed by atoms with Crippen LogP contribution >= 0.6 is 0 Å². The van der Waals surface area contributed by atoms with Gasteiger partial charge in [-0.2, -0.15) is 0 Å². The van der Waals surface area contributed by atoms with Gasteiger partial charge in [-0.15, -0.1) is 0 Å². The van der Waals surface area contributed by atoms with Crippen LogP contribution in [0.2, 0.25) is 0 Å². The molecule has 1 heterocycles. The summed E-state index contributed by atoms with van der Waals surface area (Å²) >= 11 is 0. The van der Waals surface area contributed by atoms with Gasteiger partial charge in [-0.1, -0.05) is 0 Å². The van der Waals surface area contributed by atoms with Crippen molar-refractivity contribution in [1.82, 2.24) is 0 Å². The van der Waals surface area contributed by atoms with Crippen molar-refractivity contribution in [2.24, 2.45) is 0 Å². The molecule has 7 heteroatoms. The Morgan fingerprint density at radius 2 is 2.32 bits per heavy atom. The highest BCUT2D eigenvalue weighted by molar-refractivity contribution is 5.79. The molecular formula is C12H14N2O5. The van der Waals surface area contributed by atoms with E-state index < -0.39 is 16.9 Å². The maximum Gasteiger partial charge on any atom is 0.328 e. The van der Waals surface area contributed by atoms with Gasteiger partial charge < -0.3 is 14.7 Å². The fourth-order valence-corrected chi connectivity index (χ4v) is 2.17. The summed E-state index contributed by atoms with van der Waals surface area (Å²) in [6, 6.07) is 3.67. The molecule has 1 aromatic rings. The second-order valence-corrected chi connectivity index (χ2v) is 4.35.